The number of anilines is 1. The van der Waals surface area contributed by atoms with Gasteiger partial charge in [0.1, 0.15) is 0 Å². The Balaban J connectivity index is 1.77. The van der Waals surface area contributed by atoms with E-state index in [2.05, 4.69) is 60.2 Å². The molecule has 1 N–H and O–H groups in total. The zero-order chi connectivity index (χ0) is 14.9. The SMILES string of the molecule is CC1Cc2ccccc2N(CC(C)(C)N2CCNCC2)C1. The van der Waals surface area contributed by atoms with Crippen molar-refractivity contribution in [3.8, 4) is 0 Å². The number of nitrogens with zero attached hydrogens (tertiary/aromatic N) is 2. The van der Waals surface area contributed by atoms with Crippen LogP contribution in [0.3, 0.4) is 0 Å². The second-order valence-corrected chi connectivity index (χ2v) is 7.37. The van der Waals surface area contributed by atoms with Crippen LogP contribution < -0.4 is 10.2 Å². The summed E-state index contributed by atoms with van der Waals surface area (Å²) in [5, 5.41) is 3.46. The van der Waals surface area contributed by atoms with Gasteiger partial charge in [-0.25, -0.2) is 0 Å². The number of para-hydroxylation sites is 1. The van der Waals surface area contributed by atoms with Crippen molar-refractivity contribution in [2.45, 2.75) is 32.7 Å². The number of fused-ring (bicyclic) bond motifs is 1. The van der Waals surface area contributed by atoms with Crippen LogP contribution in [0, 0.1) is 5.92 Å². The molecule has 0 aromatic heterocycles. The predicted molar refractivity (Wildman–Crippen MR) is 90.0 cm³/mol. The van der Waals surface area contributed by atoms with Gasteiger partial charge < -0.3 is 10.2 Å². The molecule has 3 heteroatoms. The number of hydrogen-bond donors (Lipinski definition) is 1. The molecule has 2 heterocycles. The maximum absolute atomic E-state index is 3.46. The Hall–Kier alpha value is -1.06. The summed E-state index contributed by atoms with van der Waals surface area (Å²) in [6.45, 7) is 14.1. The molecule has 1 aromatic rings. The lowest BCUT2D eigenvalue weighted by Crippen LogP contribution is -2.58. The van der Waals surface area contributed by atoms with Crippen molar-refractivity contribution in [1.82, 2.24) is 10.2 Å². The van der Waals surface area contributed by atoms with Crippen LogP contribution >= 0.6 is 0 Å². The predicted octanol–water partition coefficient (Wildman–Crippen LogP) is 2.37. The second kappa shape index (κ2) is 5.98. The van der Waals surface area contributed by atoms with E-state index in [9.17, 15) is 0 Å². The zero-order valence-electron chi connectivity index (χ0n) is 13.7. The molecule has 1 saturated heterocycles. The van der Waals surface area contributed by atoms with E-state index in [1.807, 2.05) is 0 Å². The molecule has 1 atom stereocenters. The lowest BCUT2D eigenvalue weighted by Gasteiger charge is -2.46. The molecule has 116 valence electrons. The summed E-state index contributed by atoms with van der Waals surface area (Å²) in [7, 11) is 0. The summed E-state index contributed by atoms with van der Waals surface area (Å²) in [4.78, 5) is 5.26. The minimum atomic E-state index is 0.228. The molecule has 0 saturated carbocycles. The molecule has 0 radical (unpaired) electrons. The lowest BCUT2D eigenvalue weighted by atomic mass is 9.91. The molecule has 21 heavy (non-hydrogen) atoms. The highest BCUT2D eigenvalue weighted by Gasteiger charge is 2.32. The molecule has 2 aliphatic rings. The summed E-state index contributed by atoms with van der Waals surface area (Å²) >= 11 is 0. The fourth-order valence-corrected chi connectivity index (χ4v) is 3.89. The van der Waals surface area contributed by atoms with E-state index in [1.54, 1.807) is 0 Å². The van der Waals surface area contributed by atoms with Crippen molar-refractivity contribution in [1.29, 1.82) is 0 Å². The smallest absolute Gasteiger partial charge is 0.0399 e. The molecule has 0 spiro atoms. The first-order chi connectivity index (χ1) is 10.1. The Morgan fingerprint density at radius 2 is 1.90 bits per heavy atom. The average Bonchev–Trinajstić information content (AvgIpc) is 2.47. The third-order valence-electron chi connectivity index (χ3n) is 4.98. The largest absolute Gasteiger partial charge is 0.369 e. The van der Waals surface area contributed by atoms with Crippen LogP contribution in [-0.4, -0.2) is 49.7 Å². The van der Waals surface area contributed by atoms with E-state index in [1.165, 1.54) is 24.2 Å². The first-order valence-electron chi connectivity index (χ1n) is 8.35. The van der Waals surface area contributed by atoms with Gasteiger partial charge in [-0.3, -0.25) is 4.90 Å². The van der Waals surface area contributed by atoms with Crippen LogP contribution in [0.4, 0.5) is 5.69 Å². The Labute approximate surface area is 129 Å². The fraction of sp³-hybridized carbons (Fsp3) is 0.667. The van der Waals surface area contributed by atoms with Gasteiger partial charge in [0.05, 0.1) is 0 Å². The van der Waals surface area contributed by atoms with Crippen LogP contribution in [0.5, 0.6) is 0 Å². The van der Waals surface area contributed by atoms with E-state index in [0.717, 1.165) is 38.6 Å². The molecule has 1 unspecified atom stereocenters. The van der Waals surface area contributed by atoms with Crippen LogP contribution in [-0.2, 0) is 6.42 Å². The van der Waals surface area contributed by atoms with Crippen LogP contribution in [0.25, 0.3) is 0 Å². The molecule has 3 rings (SSSR count). The van der Waals surface area contributed by atoms with E-state index >= 15 is 0 Å². The van der Waals surface area contributed by atoms with Crippen molar-refractivity contribution in [2.75, 3.05) is 44.2 Å². The Kier molecular flexibility index (Phi) is 4.23. The quantitative estimate of drug-likeness (QED) is 0.921. The minimum absolute atomic E-state index is 0.228. The van der Waals surface area contributed by atoms with Gasteiger partial charge in [-0.05, 0) is 37.8 Å². The van der Waals surface area contributed by atoms with Gasteiger partial charge in [-0.2, -0.15) is 0 Å². The number of piperazine rings is 1. The average molecular weight is 287 g/mol. The molecule has 3 nitrogen and oxygen atoms in total. The normalized spacial score (nSPS) is 24.0. The number of benzene rings is 1. The van der Waals surface area contributed by atoms with Crippen LogP contribution in [0.15, 0.2) is 24.3 Å². The molecule has 0 bridgehead atoms. The monoisotopic (exact) mass is 287 g/mol. The Morgan fingerprint density at radius 1 is 1.19 bits per heavy atom. The molecular formula is C18H29N3. The van der Waals surface area contributed by atoms with Gasteiger partial charge in [-0.15, -0.1) is 0 Å². The van der Waals surface area contributed by atoms with Crippen molar-refractivity contribution in [2.24, 2.45) is 5.92 Å². The highest BCUT2D eigenvalue weighted by atomic mass is 15.3. The van der Waals surface area contributed by atoms with E-state index < -0.39 is 0 Å². The second-order valence-electron chi connectivity index (χ2n) is 7.37. The Bertz CT molecular complexity index is 477. The summed E-state index contributed by atoms with van der Waals surface area (Å²) in [5.41, 5.74) is 3.21. The summed E-state index contributed by atoms with van der Waals surface area (Å²) in [5.74, 6) is 0.749. The number of rotatable bonds is 3. The molecule has 2 aliphatic heterocycles. The number of hydrogen-bond acceptors (Lipinski definition) is 3. The van der Waals surface area contributed by atoms with Crippen molar-refractivity contribution < 1.29 is 0 Å². The van der Waals surface area contributed by atoms with Gasteiger partial charge >= 0.3 is 0 Å². The first kappa shape index (κ1) is 14.9. The third kappa shape index (κ3) is 3.24. The van der Waals surface area contributed by atoms with Crippen molar-refractivity contribution in [3.63, 3.8) is 0 Å². The molecule has 1 aromatic carbocycles. The van der Waals surface area contributed by atoms with Crippen LogP contribution in [0.2, 0.25) is 0 Å². The molecule has 0 aliphatic carbocycles. The maximum Gasteiger partial charge on any atom is 0.0399 e. The maximum atomic E-state index is 3.46. The fourth-order valence-electron chi connectivity index (χ4n) is 3.89. The number of nitrogens with one attached hydrogen (secondary N) is 1. The van der Waals surface area contributed by atoms with Crippen molar-refractivity contribution in [3.05, 3.63) is 29.8 Å². The van der Waals surface area contributed by atoms with Gasteiger partial charge in [0.25, 0.3) is 0 Å². The summed E-state index contributed by atoms with van der Waals surface area (Å²) in [6.07, 6.45) is 1.22. The van der Waals surface area contributed by atoms with E-state index in [0.29, 0.717) is 0 Å². The van der Waals surface area contributed by atoms with Crippen LogP contribution in [0.1, 0.15) is 26.3 Å². The zero-order valence-corrected chi connectivity index (χ0v) is 13.7. The van der Waals surface area contributed by atoms with E-state index in [4.69, 9.17) is 0 Å². The standard InChI is InChI=1S/C18H29N3/c1-15-12-16-6-4-5-7-17(16)20(13-15)14-18(2,3)21-10-8-19-9-11-21/h4-7,15,19H,8-14H2,1-3H3. The first-order valence-corrected chi connectivity index (χ1v) is 8.35. The summed E-state index contributed by atoms with van der Waals surface area (Å²) in [6, 6.07) is 8.96. The van der Waals surface area contributed by atoms with Gasteiger partial charge in [-0.1, -0.05) is 25.1 Å². The highest BCUT2D eigenvalue weighted by molar-refractivity contribution is 5.56. The minimum Gasteiger partial charge on any atom is -0.369 e. The van der Waals surface area contributed by atoms with Gasteiger partial charge in [0.15, 0.2) is 0 Å². The lowest BCUT2D eigenvalue weighted by molar-refractivity contribution is 0.107. The van der Waals surface area contributed by atoms with Gasteiger partial charge in [0, 0.05) is 50.5 Å². The third-order valence-corrected chi connectivity index (χ3v) is 4.98. The summed E-state index contributed by atoms with van der Waals surface area (Å²) < 4.78 is 0. The van der Waals surface area contributed by atoms with Gasteiger partial charge in [0.2, 0.25) is 0 Å². The topological polar surface area (TPSA) is 18.5 Å². The van der Waals surface area contributed by atoms with Crippen molar-refractivity contribution >= 4 is 5.69 Å². The molecular weight excluding hydrogens is 258 g/mol. The molecule has 1 fully saturated rings. The Morgan fingerprint density at radius 3 is 2.67 bits per heavy atom. The highest BCUT2D eigenvalue weighted by Crippen LogP contribution is 2.31. The molecule has 0 amide bonds. The van der Waals surface area contributed by atoms with E-state index in [-0.39, 0.29) is 5.54 Å².